The molecule has 0 bridgehead atoms. The van der Waals surface area contributed by atoms with Crippen LogP contribution in [0, 0.1) is 10.1 Å². The summed E-state index contributed by atoms with van der Waals surface area (Å²) in [7, 11) is 1.22. The van der Waals surface area contributed by atoms with Crippen molar-refractivity contribution in [3.05, 3.63) is 104 Å². The maximum absolute atomic E-state index is 13.5. The molecule has 1 unspecified atom stereocenters. The Bertz CT molecular complexity index is 1530. The number of carbonyl (C=O) groups excluding carboxylic acids is 1. The lowest BCUT2D eigenvalue weighted by atomic mass is 9.95. The van der Waals surface area contributed by atoms with Crippen molar-refractivity contribution in [1.82, 2.24) is 4.57 Å². The number of esters is 1. The third-order valence-electron chi connectivity index (χ3n) is 5.06. The van der Waals surface area contributed by atoms with Gasteiger partial charge in [0.05, 0.1) is 33.9 Å². The van der Waals surface area contributed by atoms with E-state index < -0.39 is 16.9 Å². The Labute approximate surface area is 204 Å². The van der Waals surface area contributed by atoms with Crippen molar-refractivity contribution in [2.45, 2.75) is 13.0 Å². The Kier molecular flexibility index (Phi) is 6.33. The van der Waals surface area contributed by atoms with Gasteiger partial charge in [-0.2, -0.15) is 0 Å². The number of nitrogens with zero attached hydrogens (tertiary/aromatic N) is 3. The maximum Gasteiger partial charge on any atom is 0.338 e. The third-order valence-corrected chi connectivity index (χ3v) is 6.85. The number of carbonyl (C=O) groups is 1. The topological polar surface area (TPSA) is 104 Å². The number of benzene rings is 2. The number of nitro benzene ring substituents is 1. The number of fused-ring (bicyclic) bond motifs is 1. The van der Waals surface area contributed by atoms with Gasteiger partial charge < -0.3 is 4.74 Å². The van der Waals surface area contributed by atoms with Crippen LogP contribution in [0.1, 0.15) is 24.1 Å². The fourth-order valence-corrected chi connectivity index (χ4v) is 5.25. The van der Waals surface area contributed by atoms with Gasteiger partial charge in [-0.1, -0.05) is 57.1 Å². The molecular weight excluding hydrogens is 534 g/mol. The zero-order chi connectivity index (χ0) is 23.9. The molecule has 0 fully saturated rings. The van der Waals surface area contributed by atoms with Gasteiger partial charge in [0, 0.05) is 10.5 Å². The van der Waals surface area contributed by atoms with Gasteiger partial charge in [0.1, 0.15) is 5.02 Å². The summed E-state index contributed by atoms with van der Waals surface area (Å²) >= 11 is 10.6. The number of hydrogen-bond acceptors (Lipinski definition) is 7. The number of halogens is 2. The van der Waals surface area contributed by atoms with Gasteiger partial charge in [-0.15, -0.1) is 0 Å². The molecule has 168 valence electrons. The summed E-state index contributed by atoms with van der Waals surface area (Å²) in [4.78, 5) is 41.8. The molecule has 0 radical (unpaired) electrons. The lowest BCUT2D eigenvalue weighted by Crippen LogP contribution is -2.39. The van der Waals surface area contributed by atoms with Crippen LogP contribution < -0.4 is 14.9 Å². The minimum Gasteiger partial charge on any atom is -0.466 e. The van der Waals surface area contributed by atoms with E-state index >= 15 is 0 Å². The highest BCUT2D eigenvalue weighted by Gasteiger charge is 2.34. The third kappa shape index (κ3) is 4.29. The standard InChI is InChI=1S/C22H15BrClN3O5S/c1-11-18(21(29)32-2)19(13-6-7-15(24)16(10-13)27(30)31)26-20(28)17(33-22(26)25-11)9-12-4-3-5-14(23)8-12/h3-10,19H,1-2H3. The summed E-state index contributed by atoms with van der Waals surface area (Å²) in [6, 6.07) is 10.7. The molecule has 1 aromatic heterocycles. The Morgan fingerprint density at radius 2 is 2.09 bits per heavy atom. The first-order valence-corrected chi connectivity index (χ1v) is 11.5. The molecule has 2 heterocycles. The fraction of sp³-hybridized carbons (Fsp3) is 0.136. The highest BCUT2D eigenvalue weighted by atomic mass is 79.9. The predicted molar refractivity (Wildman–Crippen MR) is 128 cm³/mol. The molecule has 1 aliphatic rings. The SMILES string of the molecule is COC(=O)C1=C(C)N=c2sc(=Cc3cccc(Br)c3)c(=O)n2C1c1ccc(Cl)c([N+](=O)[O-])c1. The molecule has 0 aliphatic carbocycles. The fourth-order valence-electron chi connectivity index (χ4n) is 3.60. The second-order valence-electron chi connectivity index (χ2n) is 7.10. The van der Waals surface area contributed by atoms with E-state index in [0.29, 0.717) is 20.6 Å². The molecule has 0 N–H and O–H groups in total. The lowest BCUT2D eigenvalue weighted by molar-refractivity contribution is -0.384. The Balaban J connectivity index is 2.01. The number of aromatic nitrogens is 1. The molecule has 0 saturated heterocycles. The van der Waals surface area contributed by atoms with E-state index in [4.69, 9.17) is 16.3 Å². The van der Waals surface area contributed by atoms with Gasteiger partial charge in [-0.05, 0) is 42.3 Å². The number of hydrogen-bond donors (Lipinski definition) is 0. The van der Waals surface area contributed by atoms with Gasteiger partial charge in [-0.25, -0.2) is 9.79 Å². The van der Waals surface area contributed by atoms with Gasteiger partial charge >= 0.3 is 5.97 Å². The van der Waals surface area contributed by atoms with E-state index in [1.807, 2.05) is 24.3 Å². The minimum atomic E-state index is -0.964. The van der Waals surface area contributed by atoms with Crippen LogP contribution in [-0.2, 0) is 9.53 Å². The molecule has 0 amide bonds. The number of methoxy groups -OCH3 is 1. The zero-order valence-electron chi connectivity index (χ0n) is 17.2. The van der Waals surface area contributed by atoms with Crippen LogP contribution in [0.5, 0.6) is 0 Å². The zero-order valence-corrected chi connectivity index (χ0v) is 20.4. The van der Waals surface area contributed by atoms with Crippen molar-refractivity contribution in [3.63, 3.8) is 0 Å². The molecule has 1 atom stereocenters. The van der Waals surface area contributed by atoms with Crippen LogP contribution >= 0.6 is 38.9 Å². The molecular formula is C22H15BrClN3O5S. The van der Waals surface area contributed by atoms with E-state index in [2.05, 4.69) is 20.9 Å². The molecule has 2 aromatic carbocycles. The molecule has 3 aromatic rings. The van der Waals surface area contributed by atoms with Crippen LogP contribution in [0.2, 0.25) is 5.02 Å². The first-order chi connectivity index (χ1) is 15.7. The van der Waals surface area contributed by atoms with Gasteiger partial charge in [0.25, 0.3) is 11.2 Å². The van der Waals surface area contributed by atoms with Crippen LogP contribution in [0.25, 0.3) is 6.08 Å². The van der Waals surface area contributed by atoms with Gasteiger partial charge in [-0.3, -0.25) is 19.5 Å². The molecule has 1 aliphatic heterocycles. The largest absolute Gasteiger partial charge is 0.466 e. The molecule has 0 spiro atoms. The molecule has 0 saturated carbocycles. The average Bonchev–Trinajstić information content (AvgIpc) is 3.07. The first-order valence-electron chi connectivity index (χ1n) is 9.51. The van der Waals surface area contributed by atoms with Crippen molar-refractivity contribution in [2.24, 2.45) is 4.99 Å². The summed E-state index contributed by atoms with van der Waals surface area (Å²) in [5.41, 5.74) is 0.919. The number of thiazole rings is 1. The van der Waals surface area contributed by atoms with Crippen molar-refractivity contribution >= 4 is 56.6 Å². The second-order valence-corrected chi connectivity index (χ2v) is 9.43. The summed E-state index contributed by atoms with van der Waals surface area (Å²) in [5.74, 6) is -0.680. The Morgan fingerprint density at radius 1 is 1.33 bits per heavy atom. The molecule has 33 heavy (non-hydrogen) atoms. The van der Waals surface area contributed by atoms with Crippen LogP contribution in [-0.4, -0.2) is 22.6 Å². The second kappa shape index (κ2) is 9.05. The number of rotatable bonds is 4. The van der Waals surface area contributed by atoms with E-state index in [0.717, 1.165) is 10.0 Å². The van der Waals surface area contributed by atoms with Crippen LogP contribution in [0.3, 0.4) is 0 Å². The van der Waals surface area contributed by atoms with Crippen molar-refractivity contribution in [1.29, 1.82) is 0 Å². The number of allylic oxidation sites excluding steroid dienone is 1. The highest BCUT2D eigenvalue weighted by molar-refractivity contribution is 9.10. The summed E-state index contributed by atoms with van der Waals surface area (Å²) in [5, 5.41) is 11.4. The summed E-state index contributed by atoms with van der Waals surface area (Å²) in [6.07, 6.45) is 1.73. The lowest BCUT2D eigenvalue weighted by Gasteiger charge is -2.24. The predicted octanol–water partition coefficient (Wildman–Crippen LogP) is 3.73. The Morgan fingerprint density at radius 3 is 2.76 bits per heavy atom. The summed E-state index contributed by atoms with van der Waals surface area (Å²) in [6.45, 7) is 1.63. The molecule has 11 heteroatoms. The molecule has 8 nitrogen and oxygen atoms in total. The minimum absolute atomic E-state index is 0.0499. The van der Waals surface area contributed by atoms with Gasteiger partial charge in [0.2, 0.25) is 0 Å². The van der Waals surface area contributed by atoms with Crippen molar-refractivity contribution in [3.8, 4) is 0 Å². The highest BCUT2D eigenvalue weighted by Crippen LogP contribution is 2.34. The monoisotopic (exact) mass is 547 g/mol. The van der Waals surface area contributed by atoms with E-state index in [1.165, 1.54) is 35.1 Å². The quantitative estimate of drug-likeness (QED) is 0.281. The Hall–Kier alpha value is -3.08. The van der Waals surface area contributed by atoms with E-state index in [9.17, 15) is 19.7 Å². The smallest absolute Gasteiger partial charge is 0.338 e. The first kappa shape index (κ1) is 23.1. The normalized spacial score (nSPS) is 15.8. The van der Waals surface area contributed by atoms with Crippen LogP contribution in [0.15, 0.2) is 68.0 Å². The number of nitro groups is 1. The number of ether oxygens (including phenoxy) is 1. The average molecular weight is 549 g/mol. The van der Waals surface area contributed by atoms with Crippen molar-refractivity contribution in [2.75, 3.05) is 7.11 Å². The van der Waals surface area contributed by atoms with Crippen LogP contribution in [0.4, 0.5) is 5.69 Å². The van der Waals surface area contributed by atoms with Gasteiger partial charge in [0.15, 0.2) is 4.80 Å². The van der Waals surface area contributed by atoms with Crippen molar-refractivity contribution < 1.29 is 14.5 Å². The summed E-state index contributed by atoms with van der Waals surface area (Å²) < 4.78 is 7.57. The maximum atomic E-state index is 13.5. The van der Waals surface area contributed by atoms with E-state index in [1.54, 1.807) is 19.1 Å². The molecule has 4 rings (SSSR count). The van der Waals surface area contributed by atoms with E-state index in [-0.39, 0.29) is 21.8 Å².